The quantitative estimate of drug-likeness (QED) is 0.471. The van der Waals surface area contributed by atoms with E-state index in [1.807, 2.05) is 36.4 Å². The van der Waals surface area contributed by atoms with Crippen LogP contribution in [0, 0.1) is 30.2 Å². The summed E-state index contributed by atoms with van der Waals surface area (Å²) in [6.07, 6.45) is 2.52. The Hall–Kier alpha value is -2.60. The maximum atomic E-state index is 11.6. The molecule has 0 saturated heterocycles. The second-order valence-electron chi connectivity index (χ2n) is 6.97. The highest BCUT2D eigenvalue weighted by molar-refractivity contribution is 7.13. The molecule has 28 heavy (non-hydrogen) atoms. The Labute approximate surface area is 170 Å². The average molecular weight is 394 g/mol. The molecule has 0 spiro atoms. The Balaban J connectivity index is 1.64. The molecule has 144 valence electrons. The van der Waals surface area contributed by atoms with Crippen LogP contribution in [-0.4, -0.2) is 30.3 Å². The monoisotopic (exact) mass is 393 g/mol. The van der Waals surface area contributed by atoms with Crippen LogP contribution in [0.25, 0.3) is 4.85 Å². The van der Waals surface area contributed by atoms with Gasteiger partial charge in [0.25, 0.3) is 0 Å². The third-order valence-electron chi connectivity index (χ3n) is 5.18. The molecule has 4 atom stereocenters. The number of ether oxygens (including phenoxy) is 1. The SMILES string of the molecule is [C-]#[N+][C@@H]1C[C@@H](O)[C@H](C#Cc2ccccc2)[C@H]1CCCc1ccc(C(=O)OC)s1. The lowest BCUT2D eigenvalue weighted by molar-refractivity contribution is 0.0606. The molecule has 1 aliphatic carbocycles. The fraction of sp³-hybridized carbons (Fsp3) is 0.391. The number of nitrogens with zero attached hydrogens (tertiary/aromatic N) is 1. The van der Waals surface area contributed by atoms with E-state index in [0.29, 0.717) is 11.3 Å². The topological polar surface area (TPSA) is 50.9 Å². The number of aliphatic hydroxyl groups excluding tert-OH is 1. The second-order valence-corrected chi connectivity index (χ2v) is 8.14. The first-order valence-corrected chi connectivity index (χ1v) is 10.2. The molecule has 0 bridgehead atoms. The summed E-state index contributed by atoms with van der Waals surface area (Å²) in [4.78, 5) is 17.1. The zero-order valence-corrected chi connectivity index (χ0v) is 16.6. The van der Waals surface area contributed by atoms with Crippen LogP contribution in [0.5, 0.6) is 0 Å². The molecular formula is C23H23NO3S. The van der Waals surface area contributed by atoms with Gasteiger partial charge in [0.15, 0.2) is 0 Å². The van der Waals surface area contributed by atoms with Crippen molar-refractivity contribution in [1.29, 1.82) is 0 Å². The minimum absolute atomic E-state index is 0.0729. The van der Waals surface area contributed by atoms with Crippen molar-refractivity contribution in [2.45, 2.75) is 37.8 Å². The van der Waals surface area contributed by atoms with Gasteiger partial charge in [0, 0.05) is 10.4 Å². The summed E-state index contributed by atoms with van der Waals surface area (Å²) in [6, 6.07) is 13.3. The molecule has 1 aliphatic rings. The second kappa shape index (κ2) is 9.55. The minimum Gasteiger partial charge on any atom is -0.465 e. The largest absolute Gasteiger partial charge is 0.465 e. The highest BCUT2D eigenvalue weighted by atomic mass is 32.1. The molecule has 0 aliphatic heterocycles. The van der Waals surface area contributed by atoms with E-state index in [4.69, 9.17) is 11.3 Å². The molecule has 1 aromatic carbocycles. The van der Waals surface area contributed by atoms with Gasteiger partial charge in [-0.2, -0.15) is 0 Å². The van der Waals surface area contributed by atoms with Crippen LogP contribution in [-0.2, 0) is 11.2 Å². The van der Waals surface area contributed by atoms with E-state index in [1.165, 1.54) is 18.4 Å². The highest BCUT2D eigenvalue weighted by Gasteiger charge is 2.45. The van der Waals surface area contributed by atoms with Gasteiger partial charge in [0.05, 0.1) is 31.5 Å². The summed E-state index contributed by atoms with van der Waals surface area (Å²) in [5.41, 5.74) is 0.925. The van der Waals surface area contributed by atoms with Gasteiger partial charge in [-0.3, -0.25) is 0 Å². The molecule has 0 unspecified atom stereocenters. The zero-order chi connectivity index (χ0) is 19.9. The van der Waals surface area contributed by atoms with E-state index in [1.54, 1.807) is 6.07 Å². The van der Waals surface area contributed by atoms with Crippen molar-refractivity contribution in [2.24, 2.45) is 11.8 Å². The molecule has 3 rings (SSSR count). The summed E-state index contributed by atoms with van der Waals surface area (Å²) in [6.45, 7) is 7.49. The minimum atomic E-state index is -0.548. The normalized spacial score (nSPS) is 23.5. The van der Waals surface area contributed by atoms with Gasteiger partial charge in [0.2, 0.25) is 6.04 Å². The standard InChI is InChI=1S/C23H23NO3S/c1-24-20-15-21(25)19(13-11-16-7-4-3-5-8-16)18(20)10-6-9-17-12-14-22(28-17)23(26)27-2/h3-5,7-8,12,14,18-21,25H,6,9-10,15H2,2H3/t18-,19-,20-,21-/m1/s1. The van der Waals surface area contributed by atoms with E-state index in [2.05, 4.69) is 16.7 Å². The number of hydrogen-bond acceptors (Lipinski definition) is 4. The Bertz CT molecular complexity index is 903. The fourth-order valence-corrected chi connectivity index (χ4v) is 4.71. The number of rotatable bonds is 5. The Kier molecular flexibility index (Phi) is 6.87. The van der Waals surface area contributed by atoms with Crippen LogP contribution in [0.3, 0.4) is 0 Å². The first kappa shape index (κ1) is 20.1. The summed E-state index contributed by atoms with van der Waals surface area (Å²) < 4.78 is 4.75. The van der Waals surface area contributed by atoms with Crippen LogP contribution in [0.4, 0.5) is 0 Å². The Morgan fingerprint density at radius 3 is 2.82 bits per heavy atom. The van der Waals surface area contributed by atoms with Gasteiger partial charge in [0.1, 0.15) is 4.88 Å². The molecule has 2 aromatic rings. The van der Waals surface area contributed by atoms with Gasteiger partial charge >= 0.3 is 5.97 Å². The maximum Gasteiger partial charge on any atom is 0.348 e. The lowest BCUT2D eigenvalue weighted by atomic mass is 9.88. The molecule has 4 nitrogen and oxygen atoms in total. The van der Waals surface area contributed by atoms with E-state index < -0.39 is 6.10 Å². The van der Waals surface area contributed by atoms with Gasteiger partial charge in [-0.1, -0.05) is 30.0 Å². The molecule has 0 radical (unpaired) electrons. The maximum absolute atomic E-state index is 11.6. The number of aryl methyl sites for hydroxylation is 1. The fourth-order valence-electron chi connectivity index (χ4n) is 3.74. The van der Waals surface area contributed by atoms with Crippen LogP contribution in [0.15, 0.2) is 42.5 Å². The predicted octanol–water partition coefficient (Wildman–Crippen LogP) is 4.19. The van der Waals surface area contributed by atoms with Crippen LogP contribution in [0.1, 0.15) is 39.4 Å². The first-order valence-electron chi connectivity index (χ1n) is 9.40. The first-order chi connectivity index (χ1) is 13.6. The van der Waals surface area contributed by atoms with Crippen molar-refractivity contribution in [3.63, 3.8) is 0 Å². The number of esters is 1. The third kappa shape index (κ3) is 4.81. The molecule has 1 fully saturated rings. The molecule has 5 heteroatoms. The molecule has 1 saturated carbocycles. The van der Waals surface area contributed by atoms with Crippen molar-refractivity contribution in [3.8, 4) is 11.8 Å². The number of aliphatic hydroxyl groups is 1. The average Bonchev–Trinajstić information content (AvgIpc) is 3.31. The van der Waals surface area contributed by atoms with E-state index in [9.17, 15) is 9.90 Å². The molecule has 1 heterocycles. The predicted molar refractivity (Wildman–Crippen MR) is 110 cm³/mol. The van der Waals surface area contributed by atoms with Gasteiger partial charge < -0.3 is 14.7 Å². The Morgan fingerprint density at radius 2 is 2.11 bits per heavy atom. The van der Waals surface area contributed by atoms with Crippen molar-refractivity contribution in [3.05, 3.63) is 69.2 Å². The van der Waals surface area contributed by atoms with Gasteiger partial charge in [-0.15, -0.1) is 11.3 Å². The lowest BCUT2D eigenvalue weighted by Gasteiger charge is -2.16. The number of thiophene rings is 1. The van der Waals surface area contributed by atoms with Crippen LogP contribution in [0.2, 0.25) is 0 Å². The third-order valence-corrected chi connectivity index (χ3v) is 6.31. The summed E-state index contributed by atoms with van der Waals surface area (Å²) in [7, 11) is 1.38. The smallest absolute Gasteiger partial charge is 0.348 e. The summed E-state index contributed by atoms with van der Waals surface area (Å²) in [5, 5.41) is 10.5. The lowest BCUT2D eigenvalue weighted by Crippen LogP contribution is -2.20. The Morgan fingerprint density at radius 1 is 1.32 bits per heavy atom. The van der Waals surface area contributed by atoms with E-state index >= 15 is 0 Å². The molecule has 1 N–H and O–H groups in total. The zero-order valence-electron chi connectivity index (χ0n) is 15.8. The van der Waals surface area contributed by atoms with E-state index in [-0.39, 0.29) is 23.8 Å². The van der Waals surface area contributed by atoms with Crippen LogP contribution < -0.4 is 0 Å². The number of methoxy groups -OCH3 is 1. The summed E-state index contributed by atoms with van der Waals surface area (Å²) in [5.74, 6) is 5.99. The number of carbonyl (C=O) groups excluding carboxylic acids is 1. The van der Waals surface area contributed by atoms with Gasteiger partial charge in [-0.05, 0) is 43.5 Å². The molecule has 0 amide bonds. The van der Waals surface area contributed by atoms with Crippen molar-refractivity contribution >= 4 is 17.3 Å². The van der Waals surface area contributed by atoms with Crippen LogP contribution >= 0.6 is 11.3 Å². The van der Waals surface area contributed by atoms with Crippen molar-refractivity contribution in [2.75, 3.05) is 7.11 Å². The highest BCUT2D eigenvalue weighted by Crippen LogP contribution is 2.38. The molecular weight excluding hydrogens is 370 g/mol. The molecule has 1 aromatic heterocycles. The van der Waals surface area contributed by atoms with Crippen molar-refractivity contribution in [1.82, 2.24) is 0 Å². The van der Waals surface area contributed by atoms with E-state index in [0.717, 1.165) is 29.7 Å². The number of hydrogen-bond donors (Lipinski definition) is 1. The van der Waals surface area contributed by atoms with Crippen molar-refractivity contribution < 1.29 is 14.6 Å². The van der Waals surface area contributed by atoms with Gasteiger partial charge in [-0.25, -0.2) is 11.4 Å². The number of benzene rings is 1. The number of carbonyl (C=O) groups is 1. The summed E-state index contributed by atoms with van der Waals surface area (Å²) >= 11 is 1.45.